The summed E-state index contributed by atoms with van der Waals surface area (Å²) < 4.78 is 7.00. The summed E-state index contributed by atoms with van der Waals surface area (Å²) in [6.07, 6.45) is 0. The average molecular weight is 391 g/mol. The number of hydrogen-bond donors (Lipinski definition) is 0. The van der Waals surface area contributed by atoms with Gasteiger partial charge in [0.1, 0.15) is 5.56 Å². The first-order valence-electron chi connectivity index (χ1n) is 9.45. The van der Waals surface area contributed by atoms with Gasteiger partial charge in [-0.15, -0.1) is 0 Å². The molecule has 3 rings (SSSR count). The van der Waals surface area contributed by atoms with Crippen molar-refractivity contribution in [1.29, 1.82) is 0 Å². The number of likely N-dealkylation sites (N-methyl/N-ethyl adjacent to an activating group) is 1. The van der Waals surface area contributed by atoms with E-state index in [9.17, 15) is 9.59 Å². The van der Waals surface area contributed by atoms with Gasteiger partial charge in [-0.25, -0.2) is 9.48 Å². The average Bonchev–Trinajstić information content (AvgIpc) is 3.02. The highest BCUT2D eigenvalue weighted by Crippen LogP contribution is 2.18. The van der Waals surface area contributed by atoms with Crippen molar-refractivity contribution in [2.45, 2.75) is 27.3 Å². The monoisotopic (exact) mass is 391 g/mol. The van der Waals surface area contributed by atoms with E-state index in [-0.39, 0.29) is 12.5 Å². The Hall–Kier alpha value is -3.41. The maximum atomic E-state index is 12.6. The SMILES string of the molecule is Cc1ccc(CN(C)C(=O)COC(=O)c2c(C)nn(-c3ccccc3)c2C)cc1. The summed E-state index contributed by atoms with van der Waals surface area (Å²) in [5.74, 6) is -0.802. The zero-order valence-electron chi connectivity index (χ0n) is 17.2. The molecular formula is C23H25N3O3. The lowest BCUT2D eigenvalue weighted by Gasteiger charge is -2.17. The zero-order valence-corrected chi connectivity index (χ0v) is 17.2. The molecule has 1 aromatic heterocycles. The number of benzene rings is 2. The Morgan fingerprint density at radius 2 is 1.66 bits per heavy atom. The Kier molecular flexibility index (Phi) is 6.12. The van der Waals surface area contributed by atoms with E-state index in [0.29, 0.717) is 23.5 Å². The van der Waals surface area contributed by atoms with Gasteiger partial charge in [0, 0.05) is 13.6 Å². The van der Waals surface area contributed by atoms with Crippen LogP contribution in [0.1, 0.15) is 32.9 Å². The predicted octanol–water partition coefficient (Wildman–Crippen LogP) is 3.61. The van der Waals surface area contributed by atoms with Crippen LogP contribution in [0.2, 0.25) is 0 Å². The molecule has 0 N–H and O–H groups in total. The fourth-order valence-corrected chi connectivity index (χ4v) is 3.12. The molecule has 0 aliphatic heterocycles. The fraction of sp³-hybridized carbons (Fsp3) is 0.261. The zero-order chi connectivity index (χ0) is 21.0. The lowest BCUT2D eigenvalue weighted by Crippen LogP contribution is -2.31. The number of hydrogen-bond acceptors (Lipinski definition) is 4. The van der Waals surface area contributed by atoms with Crippen molar-refractivity contribution in [2.75, 3.05) is 13.7 Å². The van der Waals surface area contributed by atoms with Gasteiger partial charge in [-0.2, -0.15) is 5.10 Å². The van der Waals surface area contributed by atoms with E-state index in [1.165, 1.54) is 5.56 Å². The van der Waals surface area contributed by atoms with Crippen LogP contribution in [-0.2, 0) is 16.1 Å². The Morgan fingerprint density at radius 3 is 2.31 bits per heavy atom. The summed E-state index contributed by atoms with van der Waals surface area (Å²) in [6.45, 7) is 5.74. The second-order valence-corrected chi connectivity index (χ2v) is 7.10. The van der Waals surface area contributed by atoms with Crippen molar-refractivity contribution in [2.24, 2.45) is 0 Å². The van der Waals surface area contributed by atoms with E-state index in [1.807, 2.05) is 68.4 Å². The highest BCUT2D eigenvalue weighted by molar-refractivity contribution is 5.93. The van der Waals surface area contributed by atoms with Crippen LogP contribution in [0.4, 0.5) is 0 Å². The van der Waals surface area contributed by atoms with Gasteiger partial charge in [0.25, 0.3) is 5.91 Å². The molecule has 0 spiro atoms. The van der Waals surface area contributed by atoms with Crippen molar-refractivity contribution >= 4 is 11.9 Å². The quantitative estimate of drug-likeness (QED) is 0.602. The van der Waals surface area contributed by atoms with Gasteiger partial charge in [-0.3, -0.25) is 4.79 Å². The standard InChI is InChI=1S/C23H25N3O3/c1-16-10-12-19(13-11-16)14-25(4)21(27)15-29-23(28)22-17(2)24-26(18(22)3)20-8-6-5-7-9-20/h5-13H,14-15H2,1-4H3. The molecule has 6 heteroatoms. The van der Waals surface area contributed by atoms with Crippen LogP contribution >= 0.6 is 0 Å². The number of rotatable bonds is 6. The molecule has 6 nitrogen and oxygen atoms in total. The number of carbonyl (C=O) groups is 2. The Balaban J connectivity index is 1.64. The second-order valence-electron chi connectivity index (χ2n) is 7.10. The largest absolute Gasteiger partial charge is 0.452 e. The minimum absolute atomic E-state index is 0.260. The van der Waals surface area contributed by atoms with Crippen LogP contribution in [0.3, 0.4) is 0 Å². The number of aromatic nitrogens is 2. The third kappa shape index (κ3) is 4.71. The summed E-state index contributed by atoms with van der Waals surface area (Å²) in [6, 6.07) is 17.5. The third-order valence-corrected chi connectivity index (χ3v) is 4.79. The number of esters is 1. The number of aryl methyl sites for hydroxylation is 2. The number of carbonyl (C=O) groups excluding carboxylic acids is 2. The van der Waals surface area contributed by atoms with Gasteiger partial charge < -0.3 is 9.64 Å². The summed E-state index contributed by atoms with van der Waals surface area (Å²) in [4.78, 5) is 26.5. The molecule has 3 aromatic rings. The summed E-state index contributed by atoms with van der Waals surface area (Å²) >= 11 is 0. The maximum absolute atomic E-state index is 12.6. The van der Waals surface area contributed by atoms with Gasteiger partial charge in [0.15, 0.2) is 6.61 Å². The van der Waals surface area contributed by atoms with Crippen molar-refractivity contribution in [1.82, 2.24) is 14.7 Å². The number of nitrogens with zero attached hydrogens (tertiary/aromatic N) is 3. The smallest absolute Gasteiger partial charge is 0.342 e. The van der Waals surface area contributed by atoms with E-state index < -0.39 is 5.97 Å². The molecule has 0 aliphatic rings. The first kappa shape index (κ1) is 20.3. The van der Waals surface area contributed by atoms with Crippen LogP contribution in [-0.4, -0.2) is 40.2 Å². The fourth-order valence-electron chi connectivity index (χ4n) is 3.12. The highest BCUT2D eigenvalue weighted by Gasteiger charge is 2.22. The van der Waals surface area contributed by atoms with Crippen LogP contribution in [0.5, 0.6) is 0 Å². The summed E-state index contributed by atoms with van der Waals surface area (Å²) in [5.41, 5.74) is 4.69. The molecule has 0 unspecified atom stereocenters. The first-order chi connectivity index (χ1) is 13.9. The molecule has 29 heavy (non-hydrogen) atoms. The van der Waals surface area contributed by atoms with Gasteiger partial charge in [0.05, 0.1) is 17.1 Å². The minimum atomic E-state index is -0.542. The van der Waals surface area contributed by atoms with Crippen molar-refractivity contribution in [3.05, 3.63) is 82.7 Å². The Morgan fingerprint density at radius 1 is 1.00 bits per heavy atom. The van der Waals surface area contributed by atoms with E-state index in [4.69, 9.17) is 4.74 Å². The van der Waals surface area contributed by atoms with E-state index >= 15 is 0 Å². The third-order valence-electron chi connectivity index (χ3n) is 4.79. The number of ether oxygens (including phenoxy) is 1. The van der Waals surface area contributed by atoms with Crippen LogP contribution in [0.15, 0.2) is 54.6 Å². The van der Waals surface area contributed by atoms with Gasteiger partial charge in [-0.1, -0.05) is 48.0 Å². The van der Waals surface area contributed by atoms with Crippen molar-refractivity contribution < 1.29 is 14.3 Å². The Bertz CT molecular complexity index is 1010. The molecule has 0 radical (unpaired) electrons. The van der Waals surface area contributed by atoms with Crippen LogP contribution in [0, 0.1) is 20.8 Å². The Labute approximate surface area is 170 Å². The van der Waals surface area contributed by atoms with E-state index in [1.54, 1.807) is 23.6 Å². The van der Waals surface area contributed by atoms with Crippen molar-refractivity contribution in [3.63, 3.8) is 0 Å². The van der Waals surface area contributed by atoms with Crippen LogP contribution < -0.4 is 0 Å². The lowest BCUT2D eigenvalue weighted by atomic mass is 10.1. The molecule has 0 aliphatic carbocycles. The van der Waals surface area contributed by atoms with E-state index in [2.05, 4.69) is 5.10 Å². The molecule has 0 bridgehead atoms. The van der Waals surface area contributed by atoms with Crippen LogP contribution in [0.25, 0.3) is 5.69 Å². The molecule has 1 heterocycles. The second kappa shape index (κ2) is 8.73. The van der Waals surface area contributed by atoms with E-state index in [0.717, 1.165) is 11.3 Å². The minimum Gasteiger partial charge on any atom is -0.452 e. The molecule has 0 saturated carbocycles. The van der Waals surface area contributed by atoms with Crippen molar-refractivity contribution in [3.8, 4) is 5.69 Å². The normalized spacial score (nSPS) is 10.6. The predicted molar refractivity (Wildman–Crippen MR) is 111 cm³/mol. The topological polar surface area (TPSA) is 64.4 Å². The summed E-state index contributed by atoms with van der Waals surface area (Å²) in [7, 11) is 1.69. The molecule has 2 aromatic carbocycles. The maximum Gasteiger partial charge on any atom is 0.342 e. The highest BCUT2D eigenvalue weighted by atomic mass is 16.5. The van der Waals surface area contributed by atoms with Gasteiger partial charge in [-0.05, 0) is 38.5 Å². The molecule has 150 valence electrons. The molecular weight excluding hydrogens is 366 g/mol. The van der Waals surface area contributed by atoms with Gasteiger partial charge in [0.2, 0.25) is 0 Å². The molecule has 0 atom stereocenters. The summed E-state index contributed by atoms with van der Waals surface area (Å²) in [5, 5.41) is 4.45. The molecule has 0 fully saturated rings. The lowest BCUT2D eigenvalue weighted by molar-refractivity contribution is -0.133. The molecule has 0 saturated heterocycles. The number of amides is 1. The first-order valence-corrected chi connectivity index (χ1v) is 9.45. The molecule has 1 amide bonds. The van der Waals surface area contributed by atoms with Gasteiger partial charge >= 0.3 is 5.97 Å². The number of para-hydroxylation sites is 1.